The summed E-state index contributed by atoms with van der Waals surface area (Å²) in [5.74, 6) is -1.71. The van der Waals surface area contributed by atoms with Crippen LogP contribution in [0.4, 0.5) is 10.5 Å². The molecular weight excluding hydrogens is 456 g/mol. The molecule has 0 bridgehead atoms. The second-order valence-electron chi connectivity index (χ2n) is 8.12. The minimum absolute atomic E-state index is 0.0592. The van der Waals surface area contributed by atoms with Crippen LogP contribution in [0.15, 0.2) is 66.7 Å². The number of aromatic carboxylic acids is 1. The summed E-state index contributed by atoms with van der Waals surface area (Å²) in [7, 11) is 0. The van der Waals surface area contributed by atoms with E-state index < -0.39 is 24.0 Å². The van der Waals surface area contributed by atoms with Gasteiger partial charge in [-0.25, -0.2) is 9.59 Å². The Morgan fingerprint density at radius 3 is 2.24 bits per heavy atom. The molecular formula is C26H23ClN2O5. The van der Waals surface area contributed by atoms with Gasteiger partial charge >= 0.3 is 12.1 Å². The lowest BCUT2D eigenvalue weighted by Gasteiger charge is -2.17. The Hall–Kier alpha value is -3.84. The Kier molecular flexibility index (Phi) is 6.84. The van der Waals surface area contributed by atoms with Crippen LogP contribution in [-0.4, -0.2) is 35.7 Å². The van der Waals surface area contributed by atoms with Gasteiger partial charge in [-0.3, -0.25) is 4.79 Å². The molecule has 7 nitrogen and oxygen atoms in total. The number of amides is 2. The highest BCUT2D eigenvalue weighted by Crippen LogP contribution is 2.44. The van der Waals surface area contributed by atoms with Crippen LogP contribution in [0.2, 0.25) is 5.02 Å². The van der Waals surface area contributed by atoms with Gasteiger partial charge in [0, 0.05) is 23.4 Å². The Balaban J connectivity index is 1.32. The van der Waals surface area contributed by atoms with Crippen molar-refractivity contribution in [2.24, 2.45) is 0 Å². The highest BCUT2D eigenvalue weighted by molar-refractivity contribution is 6.31. The van der Waals surface area contributed by atoms with Gasteiger partial charge in [-0.1, -0.05) is 60.1 Å². The molecule has 174 valence electrons. The SMILES string of the molecule is C[C@H](CC(=O)Nc1ccc(Cl)cc1C(=O)O)NC(=O)OCC1c2ccccc2-c2ccccc21. The average Bonchev–Trinajstić information content (AvgIpc) is 3.12. The van der Waals surface area contributed by atoms with Crippen molar-refractivity contribution < 1.29 is 24.2 Å². The van der Waals surface area contributed by atoms with Crippen LogP contribution < -0.4 is 10.6 Å². The summed E-state index contributed by atoms with van der Waals surface area (Å²) in [6.07, 6.45) is -0.689. The van der Waals surface area contributed by atoms with E-state index in [0.717, 1.165) is 22.3 Å². The van der Waals surface area contributed by atoms with Crippen LogP contribution in [0.5, 0.6) is 0 Å². The summed E-state index contributed by atoms with van der Waals surface area (Å²) in [5.41, 5.74) is 4.52. The molecule has 34 heavy (non-hydrogen) atoms. The van der Waals surface area contributed by atoms with E-state index in [1.165, 1.54) is 18.2 Å². The first-order valence-electron chi connectivity index (χ1n) is 10.8. The lowest BCUT2D eigenvalue weighted by molar-refractivity contribution is -0.116. The van der Waals surface area contributed by atoms with Crippen molar-refractivity contribution in [2.75, 3.05) is 11.9 Å². The van der Waals surface area contributed by atoms with Crippen molar-refractivity contribution in [1.29, 1.82) is 0 Å². The third-order valence-electron chi connectivity index (χ3n) is 5.69. The Morgan fingerprint density at radius 1 is 1.00 bits per heavy atom. The number of fused-ring (bicyclic) bond motifs is 3. The number of rotatable bonds is 7. The number of alkyl carbamates (subject to hydrolysis) is 1. The number of nitrogens with one attached hydrogen (secondary N) is 2. The highest BCUT2D eigenvalue weighted by Gasteiger charge is 2.29. The monoisotopic (exact) mass is 478 g/mol. The molecule has 0 saturated carbocycles. The average molecular weight is 479 g/mol. The molecule has 0 radical (unpaired) electrons. The molecule has 0 fully saturated rings. The minimum atomic E-state index is -1.21. The fourth-order valence-corrected chi connectivity index (χ4v) is 4.35. The molecule has 0 unspecified atom stereocenters. The molecule has 0 spiro atoms. The largest absolute Gasteiger partial charge is 0.478 e. The second-order valence-corrected chi connectivity index (χ2v) is 8.55. The van der Waals surface area contributed by atoms with E-state index >= 15 is 0 Å². The van der Waals surface area contributed by atoms with Crippen LogP contribution in [0, 0.1) is 0 Å². The molecule has 3 aromatic carbocycles. The number of halogens is 1. The Morgan fingerprint density at radius 2 is 1.62 bits per heavy atom. The maximum absolute atomic E-state index is 12.4. The van der Waals surface area contributed by atoms with Crippen LogP contribution >= 0.6 is 11.6 Å². The molecule has 1 aliphatic rings. The zero-order chi connectivity index (χ0) is 24.2. The van der Waals surface area contributed by atoms with Crippen molar-refractivity contribution >= 4 is 35.3 Å². The van der Waals surface area contributed by atoms with E-state index in [1.54, 1.807) is 6.92 Å². The highest BCUT2D eigenvalue weighted by atomic mass is 35.5. The molecule has 1 atom stereocenters. The smallest absolute Gasteiger partial charge is 0.407 e. The fourth-order valence-electron chi connectivity index (χ4n) is 4.17. The summed E-state index contributed by atoms with van der Waals surface area (Å²) in [5, 5.41) is 14.7. The fraction of sp³-hybridized carbons (Fsp3) is 0.192. The first kappa shape index (κ1) is 23.3. The quantitative estimate of drug-likeness (QED) is 0.427. The maximum Gasteiger partial charge on any atom is 0.407 e. The molecule has 0 heterocycles. The number of carbonyl (C=O) groups excluding carboxylic acids is 2. The first-order valence-corrected chi connectivity index (χ1v) is 11.2. The van der Waals surface area contributed by atoms with Gasteiger partial charge in [0.25, 0.3) is 0 Å². The van der Waals surface area contributed by atoms with Crippen molar-refractivity contribution in [3.05, 3.63) is 88.4 Å². The lowest BCUT2D eigenvalue weighted by Crippen LogP contribution is -2.36. The molecule has 2 amide bonds. The van der Waals surface area contributed by atoms with Crippen molar-refractivity contribution in [1.82, 2.24) is 5.32 Å². The number of hydrogen-bond donors (Lipinski definition) is 3. The summed E-state index contributed by atoms with van der Waals surface area (Å²) in [6, 6.07) is 19.8. The lowest BCUT2D eigenvalue weighted by atomic mass is 9.98. The van der Waals surface area contributed by atoms with Crippen molar-refractivity contribution in [3.63, 3.8) is 0 Å². The summed E-state index contributed by atoms with van der Waals surface area (Å²) < 4.78 is 5.50. The molecule has 0 aliphatic heterocycles. The van der Waals surface area contributed by atoms with Gasteiger partial charge in [0.2, 0.25) is 5.91 Å². The van der Waals surface area contributed by atoms with E-state index in [2.05, 4.69) is 22.8 Å². The standard InChI is InChI=1S/C26H23ClN2O5/c1-15(12-24(30)29-23-11-10-16(27)13-21(23)25(31)32)28-26(33)34-14-22-19-8-4-2-6-17(19)18-7-3-5-9-20(18)22/h2-11,13,15,22H,12,14H2,1H3,(H,28,33)(H,29,30)(H,31,32)/t15-/m1/s1. The predicted molar refractivity (Wildman–Crippen MR) is 129 cm³/mol. The number of hydrogen-bond acceptors (Lipinski definition) is 4. The Labute approximate surface area is 201 Å². The van der Waals surface area contributed by atoms with E-state index in [9.17, 15) is 19.5 Å². The zero-order valence-electron chi connectivity index (χ0n) is 18.4. The van der Waals surface area contributed by atoms with Crippen molar-refractivity contribution in [3.8, 4) is 11.1 Å². The normalized spacial score (nSPS) is 12.9. The molecule has 0 aromatic heterocycles. The van der Waals surface area contributed by atoms with Crippen LogP contribution in [0.3, 0.4) is 0 Å². The molecule has 4 rings (SSSR count). The van der Waals surface area contributed by atoms with Crippen molar-refractivity contribution in [2.45, 2.75) is 25.3 Å². The molecule has 3 aromatic rings. The van der Waals surface area contributed by atoms with Crippen LogP contribution in [0.25, 0.3) is 11.1 Å². The molecule has 1 aliphatic carbocycles. The summed E-state index contributed by atoms with van der Waals surface area (Å²) in [4.78, 5) is 36.1. The topological polar surface area (TPSA) is 105 Å². The van der Waals surface area contributed by atoms with E-state index in [0.29, 0.717) is 0 Å². The number of carboxylic acids is 1. The van der Waals surface area contributed by atoms with Gasteiger partial charge in [0.05, 0.1) is 11.3 Å². The first-order chi connectivity index (χ1) is 16.3. The number of ether oxygens (including phenoxy) is 1. The third kappa shape index (κ3) is 5.05. The van der Waals surface area contributed by atoms with Gasteiger partial charge in [0.15, 0.2) is 0 Å². The second kappa shape index (κ2) is 9.97. The van der Waals surface area contributed by atoms with Crippen LogP contribution in [0.1, 0.15) is 40.7 Å². The summed E-state index contributed by atoms with van der Waals surface area (Å²) >= 11 is 5.83. The van der Waals surface area contributed by atoms with E-state index in [-0.39, 0.29) is 35.2 Å². The van der Waals surface area contributed by atoms with E-state index in [4.69, 9.17) is 16.3 Å². The van der Waals surface area contributed by atoms with Gasteiger partial charge in [0.1, 0.15) is 6.61 Å². The van der Waals surface area contributed by atoms with Gasteiger partial charge in [-0.15, -0.1) is 0 Å². The minimum Gasteiger partial charge on any atom is -0.478 e. The molecule has 3 N–H and O–H groups in total. The van der Waals surface area contributed by atoms with Gasteiger partial charge in [-0.2, -0.15) is 0 Å². The number of carbonyl (C=O) groups is 3. The molecule has 0 saturated heterocycles. The maximum atomic E-state index is 12.4. The summed E-state index contributed by atoms with van der Waals surface area (Å²) in [6.45, 7) is 1.84. The zero-order valence-corrected chi connectivity index (χ0v) is 19.1. The number of anilines is 1. The molecule has 8 heteroatoms. The van der Waals surface area contributed by atoms with Gasteiger partial charge < -0.3 is 20.5 Å². The van der Waals surface area contributed by atoms with Crippen LogP contribution in [-0.2, 0) is 9.53 Å². The van der Waals surface area contributed by atoms with Gasteiger partial charge in [-0.05, 0) is 47.4 Å². The predicted octanol–water partition coefficient (Wildman–Crippen LogP) is 5.29. The van der Waals surface area contributed by atoms with E-state index in [1.807, 2.05) is 36.4 Å². The third-order valence-corrected chi connectivity index (χ3v) is 5.92. The Bertz CT molecular complexity index is 1210. The number of carboxylic acid groups (broad SMARTS) is 1. The number of benzene rings is 3.